The molecule has 18 heavy (non-hydrogen) atoms. The molecule has 1 aromatic carbocycles. The van der Waals surface area contributed by atoms with Crippen LogP contribution in [0.3, 0.4) is 0 Å². The number of aromatic nitrogens is 1. The molecule has 2 rings (SSSR count). The number of oxazole rings is 1. The summed E-state index contributed by atoms with van der Waals surface area (Å²) in [5.41, 5.74) is 1.31. The molecule has 1 heterocycles. The molecule has 1 amide bonds. The quantitative estimate of drug-likeness (QED) is 0.747. The highest BCUT2D eigenvalue weighted by Gasteiger charge is 2.07. The van der Waals surface area contributed by atoms with E-state index in [9.17, 15) is 14.4 Å². The predicted octanol–water partition coefficient (Wildman–Crippen LogP) is 0.924. The molecule has 0 aliphatic carbocycles. The highest BCUT2D eigenvalue weighted by Crippen LogP contribution is 2.16. The van der Waals surface area contributed by atoms with Gasteiger partial charge >= 0.3 is 11.7 Å². The van der Waals surface area contributed by atoms with Crippen molar-refractivity contribution >= 4 is 28.7 Å². The van der Waals surface area contributed by atoms with E-state index in [0.29, 0.717) is 16.8 Å². The van der Waals surface area contributed by atoms with Crippen LogP contribution in [0.2, 0.25) is 0 Å². The number of carboxylic acids is 1. The van der Waals surface area contributed by atoms with Crippen LogP contribution in [0.5, 0.6) is 0 Å². The SMILES string of the molecule is O=C(O)CCC(=O)Nc1ccc2[nH]c(=O)oc2c1. The standard InChI is InChI=1S/C11H10N2O5/c14-9(3-4-10(15)16)12-6-1-2-7-8(5-6)18-11(17)13-7/h1-2,5H,3-4H2,(H,12,14)(H,13,17)(H,15,16). The maximum Gasteiger partial charge on any atom is 0.417 e. The van der Waals surface area contributed by atoms with Crippen molar-refractivity contribution in [2.24, 2.45) is 0 Å². The number of carbonyl (C=O) groups excluding carboxylic acids is 1. The molecule has 1 aromatic heterocycles. The fourth-order valence-electron chi connectivity index (χ4n) is 1.47. The van der Waals surface area contributed by atoms with Gasteiger partial charge < -0.3 is 14.8 Å². The van der Waals surface area contributed by atoms with E-state index in [1.807, 2.05) is 0 Å². The summed E-state index contributed by atoms with van der Waals surface area (Å²) in [6.45, 7) is 0. The van der Waals surface area contributed by atoms with Crippen LogP contribution in [0.1, 0.15) is 12.8 Å². The van der Waals surface area contributed by atoms with Crippen molar-refractivity contribution < 1.29 is 19.1 Å². The number of anilines is 1. The van der Waals surface area contributed by atoms with Gasteiger partial charge in [0.05, 0.1) is 11.9 Å². The van der Waals surface area contributed by atoms with Gasteiger partial charge in [0.25, 0.3) is 0 Å². The van der Waals surface area contributed by atoms with Crippen molar-refractivity contribution in [1.29, 1.82) is 0 Å². The Morgan fingerprint density at radius 3 is 2.83 bits per heavy atom. The number of hydrogen-bond acceptors (Lipinski definition) is 4. The summed E-state index contributed by atoms with van der Waals surface area (Å²) in [5.74, 6) is -2.01. The van der Waals surface area contributed by atoms with Gasteiger partial charge in [0.2, 0.25) is 5.91 Å². The van der Waals surface area contributed by atoms with E-state index in [2.05, 4.69) is 10.3 Å². The Balaban J connectivity index is 2.09. The number of hydrogen-bond donors (Lipinski definition) is 3. The fourth-order valence-corrected chi connectivity index (χ4v) is 1.47. The zero-order valence-electron chi connectivity index (χ0n) is 9.23. The molecule has 3 N–H and O–H groups in total. The second-order valence-corrected chi connectivity index (χ2v) is 3.67. The second kappa shape index (κ2) is 4.74. The number of fused-ring (bicyclic) bond motifs is 1. The van der Waals surface area contributed by atoms with E-state index >= 15 is 0 Å². The van der Waals surface area contributed by atoms with Gasteiger partial charge in [0, 0.05) is 18.2 Å². The maximum absolute atomic E-state index is 11.4. The molecule has 2 aromatic rings. The smallest absolute Gasteiger partial charge is 0.417 e. The van der Waals surface area contributed by atoms with Crippen molar-refractivity contribution in [3.63, 3.8) is 0 Å². The van der Waals surface area contributed by atoms with Crippen molar-refractivity contribution in [3.8, 4) is 0 Å². The van der Waals surface area contributed by atoms with Gasteiger partial charge in [0.1, 0.15) is 0 Å². The van der Waals surface area contributed by atoms with E-state index in [4.69, 9.17) is 9.52 Å². The predicted molar refractivity (Wildman–Crippen MR) is 62.3 cm³/mol. The first-order valence-corrected chi connectivity index (χ1v) is 5.19. The number of rotatable bonds is 4. The zero-order valence-corrected chi connectivity index (χ0v) is 9.23. The molecule has 0 fully saturated rings. The molecule has 0 aliphatic rings. The Labute approximate surface area is 100 Å². The lowest BCUT2D eigenvalue weighted by molar-refractivity contribution is -0.138. The van der Waals surface area contributed by atoms with Crippen molar-refractivity contribution in [1.82, 2.24) is 4.98 Å². The number of carbonyl (C=O) groups is 2. The summed E-state index contributed by atoms with van der Waals surface area (Å²) in [7, 11) is 0. The van der Waals surface area contributed by atoms with Crippen LogP contribution in [0, 0.1) is 0 Å². The molecule has 0 radical (unpaired) electrons. The number of benzene rings is 1. The minimum absolute atomic E-state index is 0.107. The number of carboxylic acid groups (broad SMARTS) is 1. The topological polar surface area (TPSA) is 112 Å². The van der Waals surface area contributed by atoms with Crippen LogP contribution < -0.4 is 11.1 Å². The molecule has 0 saturated carbocycles. The van der Waals surface area contributed by atoms with Gasteiger partial charge in [0.15, 0.2) is 5.58 Å². The lowest BCUT2D eigenvalue weighted by atomic mass is 10.2. The number of aliphatic carboxylic acids is 1. The van der Waals surface area contributed by atoms with Crippen molar-refractivity contribution in [3.05, 3.63) is 28.7 Å². The van der Waals surface area contributed by atoms with Gasteiger partial charge in [-0.15, -0.1) is 0 Å². The van der Waals surface area contributed by atoms with Crippen LogP contribution >= 0.6 is 0 Å². The van der Waals surface area contributed by atoms with Gasteiger partial charge in [-0.2, -0.15) is 0 Å². The van der Waals surface area contributed by atoms with Gasteiger partial charge in [-0.1, -0.05) is 0 Å². The molecule has 0 saturated heterocycles. The van der Waals surface area contributed by atoms with Crippen LogP contribution in [-0.4, -0.2) is 22.0 Å². The Hall–Kier alpha value is -2.57. The fraction of sp³-hybridized carbons (Fsp3) is 0.182. The highest BCUT2D eigenvalue weighted by atomic mass is 16.4. The van der Waals surface area contributed by atoms with E-state index in [0.717, 1.165) is 0 Å². The summed E-state index contributed by atoms with van der Waals surface area (Å²) in [6, 6.07) is 4.67. The molecule has 0 unspecified atom stereocenters. The van der Waals surface area contributed by atoms with Crippen LogP contribution in [0.25, 0.3) is 11.1 Å². The molecule has 0 bridgehead atoms. The summed E-state index contributed by atoms with van der Waals surface area (Å²) < 4.78 is 4.83. The van der Waals surface area contributed by atoms with Crippen molar-refractivity contribution in [2.75, 3.05) is 5.32 Å². The Morgan fingerprint density at radius 2 is 2.11 bits per heavy atom. The molecule has 0 spiro atoms. The summed E-state index contributed by atoms with van der Waals surface area (Å²) >= 11 is 0. The third-order valence-corrected chi connectivity index (χ3v) is 2.27. The summed E-state index contributed by atoms with van der Waals surface area (Å²) in [5, 5.41) is 11.0. The third-order valence-electron chi connectivity index (χ3n) is 2.27. The molecule has 0 aliphatic heterocycles. The minimum Gasteiger partial charge on any atom is -0.481 e. The molecular formula is C11H10N2O5. The van der Waals surface area contributed by atoms with Crippen LogP contribution in [-0.2, 0) is 9.59 Å². The second-order valence-electron chi connectivity index (χ2n) is 3.67. The first-order valence-electron chi connectivity index (χ1n) is 5.19. The molecular weight excluding hydrogens is 240 g/mol. The Morgan fingerprint density at radius 1 is 1.33 bits per heavy atom. The normalized spacial score (nSPS) is 10.4. The molecule has 7 heteroatoms. The van der Waals surface area contributed by atoms with E-state index in [-0.39, 0.29) is 12.8 Å². The van der Waals surface area contributed by atoms with E-state index in [1.165, 1.54) is 6.07 Å². The third kappa shape index (κ3) is 2.76. The molecule has 94 valence electrons. The molecule has 0 atom stereocenters. The lowest BCUT2D eigenvalue weighted by Crippen LogP contribution is -2.12. The Bertz CT molecular complexity index is 655. The zero-order chi connectivity index (χ0) is 13.1. The number of H-pyrrole nitrogens is 1. The van der Waals surface area contributed by atoms with Crippen molar-refractivity contribution in [2.45, 2.75) is 12.8 Å². The van der Waals surface area contributed by atoms with E-state index < -0.39 is 17.6 Å². The van der Waals surface area contributed by atoms with Crippen LogP contribution in [0.4, 0.5) is 5.69 Å². The largest absolute Gasteiger partial charge is 0.481 e. The number of nitrogens with one attached hydrogen (secondary N) is 2. The minimum atomic E-state index is -1.03. The Kier molecular flexibility index (Phi) is 3.13. The average molecular weight is 250 g/mol. The van der Waals surface area contributed by atoms with Gasteiger partial charge in [-0.25, -0.2) is 4.79 Å². The van der Waals surface area contributed by atoms with Crippen LogP contribution in [0.15, 0.2) is 27.4 Å². The van der Waals surface area contributed by atoms with Gasteiger partial charge in [-0.05, 0) is 12.1 Å². The monoisotopic (exact) mass is 250 g/mol. The maximum atomic E-state index is 11.4. The summed E-state index contributed by atoms with van der Waals surface area (Å²) in [6.07, 6.45) is -0.336. The number of amides is 1. The van der Waals surface area contributed by atoms with Gasteiger partial charge in [-0.3, -0.25) is 14.6 Å². The molecule has 7 nitrogen and oxygen atoms in total. The first kappa shape index (κ1) is 11.9. The highest BCUT2D eigenvalue weighted by molar-refractivity contribution is 5.94. The first-order chi connectivity index (χ1) is 8.54. The summed E-state index contributed by atoms with van der Waals surface area (Å²) in [4.78, 5) is 35.1. The lowest BCUT2D eigenvalue weighted by Gasteiger charge is -2.03. The van der Waals surface area contributed by atoms with E-state index in [1.54, 1.807) is 12.1 Å². The average Bonchev–Trinajstić information content (AvgIpc) is 2.66. The number of aromatic amines is 1.